The smallest absolute Gasteiger partial charge is 0.323 e. The lowest BCUT2D eigenvalue weighted by molar-refractivity contribution is -0.131. The van der Waals surface area contributed by atoms with E-state index in [1.54, 1.807) is 32.4 Å². The van der Waals surface area contributed by atoms with Crippen LogP contribution in [0, 0.1) is 0 Å². The molecule has 0 radical (unpaired) electrons. The first-order valence-corrected chi connectivity index (χ1v) is 12.5. The van der Waals surface area contributed by atoms with E-state index in [0.717, 1.165) is 44.7 Å². The van der Waals surface area contributed by atoms with E-state index in [9.17, 15) is 9.59 Å². The van der Waals surface area contributed by atoms with Gasteiger partial charge in [-0.15, -0.1) is 0 Å². The number of nitrogens with one attached hydrogen (secondary N) is 2. The predicted molar refractivity (Wildman–Crippen MR) is 141 cm³/mol. The summed E-state index contributed by atoms with van der Waals surface area (Å²) in [5, 5.41) is 5.65. The van der Waals surface area contributed by atoms with E-state index >= 15 is 0 Å². The summed E-state index contributed by atoms with van der Waals surface area (Å²) in [6.07, 6.45) is 6.49. The lowest BCUT2D eigenvalue weighted by atomic mass is 10.1. The van der Waals surface area contributed by atoms with Gasteiger partial charge >= 0.3 is 6.03 Å². The highest BCUT2D eigenvalue weighted by Gasteiger charge is 2.21. The fourth-order valence-corrected chi connectivity index (χ4v) is 4.19. The number of carbonyl (C=O) groups excluding carboxylic acids is 2. The Morgan fingerprint density at radius 1 is 0.857 bits per heavy atom. The highest BCUT2D eigenvalue weighted by molar-refractivity contribution is 6.00. The molecular weight excluding hydrogens is 444 g/mol. The summed E-state index contributed by atoms with van der Waals surface area (Å²) in [7, 11) is 3.12. The number of ether oxygens (including phenoxy) is 2. The van der Waals surface area contributed by atoms with Gasteiger partial charge < -0.3 is 29.9 Å². The minimum Gasteiger partial charge on any atom is -0.497 e. The predicted octanol–water partition coefficient (Wildman–Crippen LogP) is 5.36. The first-order chi connectivity index (χ1) is 17.0. The Morgan fingerprint density at radius 3 is 2.23 bits per heavy atom. The van der Waals surface area contributed by atoms with Crippen molar-refractivity contribution in [2.75, 3.05) is 55.9 Å². The summed E-state index contributed by atoms with van der Waals surface area (Å²) in [6.45, 7) is 5.32. The van der Waals surface area contributed by atoms with E-state index in [-0.39, 0.29) is 11.9 Å². The maximum absolute atomic E-state index is 12.5. The molecule has 3 rings (SSSR count). The Bertz CT molecular complexity index is 956. The number of hydrogen-bond acceptors (Lipinski definition) is 5. The number of piperazine rings is 1. The zero-order valence-electron chi connectivity index (χ0n) is 21.1. The normalized spacial score (nSPS) is 13.3. The summed E-state index contributed by atoms with van der Waals surface area (Å²) in [4.78, 5) is 29.2. The number of hydrogen-bond donors (Lipinski definition) is 2. The molecule has 3 amide bonds. The van der Waals surface area contributed by atoms with Crippen molar-refractivity contribution in [3.05, 3.63) is 42.5 Å². The lowest BCUT2D eigenvalue weighted by Gasteiger charge is -2.36. The van der Waals surface area contributed by atoms with E-state index < -0.39 is 0 Å². The average molecular weight is 483 g/mol. The van der Waals surface area contributed by atoms with Crippen LogP contribution in [0.3, 0.4) is 0 Å². The Balaban J connectivity index is 1.45. The Kier molecular flexibility index (Phi) is 10.1. The van der Waals surface area contributed by atoms with Crippen LogP contribution < -0.4 is 25.0 Å². The monoisotopic (exact) mass is 482 g/mol. The van der Waals surface area contributed by atoms with Crippen molar-refractivity contribution in [2.24, 2.45) is 0 Å². The van der Waals surface area contributed by atoms with Crippen LogP contribution in [0.4, 0.5) is 21.9 Å². The largest absolute Gasteiger partial charge is 0.497 e. The summed E-state index contributed by atoms with van der Waals surface area (Å²) in [5.74, 6) is 1.44. The van der Waals surface area contributed by atoms with Crippen molar-refractivity contribution in [1.29, 1.82) is 0 Å². The molecule has 0 spiro atoms. The standard InChI is InChI=1S/C27H38N4O4/c1-4-5-6-7-8-9-26(32)31-18-16-30(17-19-31)22-12-10-21(11-13-22)28-27(33)29-24-15-14-23(34-2)20-25(24)35-3/h10-15,20H,4-9,16-19H2,1-3H3,(H2,28,29,33). The van der Waals surface area contributed by atoms with E-state index in [4.69, 9.17) is 9.47 Å². The maximum Gasteiger partial charge on any atom is 0.323 e. The molecule has 0 saturated carbocycles. The molecule has 1 aliphatic heterocycles. The minimum absolute atomic E-state index is 0.278. The summed E-state index contributed by atoms with van der Waals surface area (Å²) < 4.78 is 10.5. The van der Waals surface area contributed by atoms with Gasteiger partial charge in [0.15, 0.2) is 0 Å². The minimum atomic E-state index is -0.358. The SMILES string of the molecule is CCCCCCCC(=O)N1CCN(c2ccc(NC(=O)Nc3ccc(OC)cc3OC)cc2)CC1. The van der Waals surface area contributed by atoms with Crippen LogP contribution >= 0.6 is 0 Å². The van der Waals surface area contributed by atoms with Gasteiger partial charge in [0.05, 0.1) is 19.9 Å². The number of methoxy groups -OCH3 is 2. The van der Waals surface area contributed by atoms with Crippen molar-refractivity contribution in [1.82, 2.24) is 4.90 Å². The fourth-order valence-electron chi connectivity index (χ4n) is 4.19. The molecule has 190 valence electrons. The number of amides is 3. The number of benzene rings is 2. The second-order valence-corrected chi connectivity index (χ2v) is 8.72. The Hall–Kier alpha value is -3.42. The Morgan fingerprint density at radius 2 is 1.57 bits per heavy atom. The fraction of sp³-hybridized carbons (Fsp3) is 0.481. The van der Waals surface area contributed by atoms with Crippen LogP contribution in [-0.4, -0.2) is 57.2 Å². The van der Waals surface area contributed by atoms with Gasteiger partial charge in [0.1, 0.15) is 11.5 Å². The molecule has 0 aliphatic carbocycles. The summed E-state index contributed by atoms with van der Waals surface area (Å²) in [5.41, 5.74) is 2.32. The molecule has 2 N–H and O–H groups in total. The van der Waals surface area contributed by atoms with Gasteiger partial charge in [0, 0.05) is 50.0 Å². The molecule has 1 aliphatic rings. The molecule has 35 heavy (non-hydrogen) atoms. The maximum atomic E-state index is 12.5. The molecule has 0 atom stereocenters. The summed E-state index contributed by atoms with van der Waals surface area (Å²) >= 11 is 0. The third-order valence-corrected chi connectivity index (χ3v) is 6.27. The molecule has 1 fully saturated rings. The van der Waals surface area contributed by atoms with Crippen molar-refractivity contribution in [3.8, 4) is 11.5 Å². The second-order valence-electron chi connectivity index (χ2n) is 8.72. The van der Waals surface area contributed by atoms with Gasteiger partial charge in [-0.3, -0.25) is 4.79 Å². The number of anilines is 3. The third-order valence-electron chi connectivity index (χ3n) is 6.27. The highest BCUT2D eigenvalue weighted by Crippen LogP contribution is 2.29. The first kappa shape index (κ1) is 26.2. The van der Waals surface area contributed by atoms with E-state index in [1.165, 1.54) is 19.3 Å². The van der Waals surface area contributed by atoms with Crippen LogP contribution in [0.25, 0.3) is 0 Å². The lowest BCUT2D eigenvalue weighted by Crippen LogP contribution is -2.48. The molecule has 0 unspecified atom stereocenters. The van der Waals surface area contributed by atoms with Gasteiger partial charge in [-0.1, -0.05) is 32.6 Å². The molecule has 8 heteroatoms. The molecule has 8 nitrogen and oxygen atoms in total. The van der Waals surface area contributed by atoms with Crippen LogP contribution in [0.1, 0.15) is 45.4 Å². The quantitative estimate of drug-likeness (QED) is 0.422. The van der Waals surface area contributed by atoms with E-state index in [1.807, 2.05) is 29.2 Å². The number of unbranched alkanes of at least 4 members (excludes halogenated alkanes) is 4. The first-order valence-electron chi connectivity index (χ1n) is 12.5. The van der Waals surface area contributed by atoms with E-state index in [0.29, 0.717) is 29.3 Å². The molecule has 0 bridgehead atoms. The third kappa shape index (κ3) is 7.80. The van der Waals surface area contributed by atoms with Gasteiger partial charge in [-0.25, -0.2) is 4.79 Å². The molecule has 2 aromatic rings. The zero-order chi connectivity index (χ0) is 25.0. The van der Waals surface area contributed by atoms with Crippen LogP contribution in [0.15, 0.2) is 42.5 Å². The van der Waals surface area contributed by atoms with Crippen LogP contribution in [-0.2, 0) is 4.79 Å². The van der Waals surface area contributed by atoms with Crippen molar-refractivity contribution in [2.45, 2.75) is 45.4 Å². The average Bonchev–Trinajstić information content (AvgIpc) is 2.89. The van der Waals surface area contributed by atoms with Crippen molar-refractivity contribution in [3.63, 3.8) is 0 Å². The molecule has 2 aromatic carbocycles. The number of carbonyl (C=O) groups is 2. The Labute approximate surface area is 208 Å². The molecule has 1 saturated heterocycles. The van der Waals surface area contributed by atoms with Crippen LogP contribution in [0.2, 0.25) is 0 Å². The molecular formula is C27H38N4O4. The van der Waals surface area contributed by atoms with Crippen molar-refractivity contribution < 1.29 is 19.1 Å². The topological polar surface area (TPSA) is 83.1 Å². The van der Waals surface area contributed by atoms with Gasteiger partial charge in [0.2, 0.25) is 5.91 Å². The van der Waals surface area contributed by atoms with Crippen LogP contribution in [0.5, 0.6) is 11.5 Å². The summed E-state index contributed by atoms with van der Waals surface area (Å²) in [6, 6.07) is 12.6. The number of nitrogens with zero attached hydrogens (tertiary/aromatic N) is 2. The van der Waals surface area contributed by atoms with Crippen molar-refractivity contribution >= 4 is 29.0 Å². The second kappa shape index (κ2) is 13.5. The van der Waals surface area contributed by atoms with Gasteiger partial charge in [-0.05, 0) is 42.8 Å². The highest BCUT2D eigenvalue weighted by atomic mass is 16.5. The van der Waals surface area contributed by atoms with Gasteiger partial charge in [-0.2, -0.15) is 0 Å². The number of urea groups is 1. The van der Waals surface area contributed by atoms with Gasteiger partial charge in [0.25, 0.3) is 0 Å². The zero-order valence-corrected chi connectivity index (χ0v) is 21.1. The van der Waals surface area contributed by atoms with E-state index in [2.05, 4.69) is 22.5 Å². The molecule has 1 heterocycles. The number of rotatable bonds is 11. The molecule has 0 aromatic heterocycles.